The highest BCUT2D eigenvalue weighted by Gasteiger charge is 2.27. The minimum Gasteiger partial charge on any atom is -0.473 e. The second-order valence-electron chi connectivity index (χ2n) is 5.30. The second kappa shape index (κ2) is 9.08. The third-order valence-electron chi connectivity index (χ3n) is 3.50. The van der Waals surface area contributed by atoms with Gasteiger partial charge in [-0.3, -0.25) is 0 Å². The fourth-order valence-electron chi connectivity index (χ4n) is 2.09. The number of esters is 2. The smallest absolute Gasteiger partial charge is 0.422 e. The Kier molecular flexibility index (Phi) is 7.07. The Morgan fingerprint density at radius 2 is 1.59 bits per heavy atom. The largest absolute Gasteiger partial charge is 0.473 e. The first-order valence-electron chi connectivity index (χ1n) is 7.62. The van der Waals surface area contributed by atoms with Gasteiger partial charge < -0.3 is 14.6 Å². The van der Waals surface area contributed by atoms with E-state index in [2.05, 4.69) is 4.74 Å². The van der Waals surface area contributed by atoms with Crippen LogP contribution in [0, 0.1) is 0 Å². The first kappa shape index (κ1) is 21.0. The molecule has 0 aromatic heterocycles. The van der Waals surface area contributed by atoms with Crippen LogP contribution < -0.4 is 4.74 Å². The molecule has 9 heteroatoms. The summed E-state index contributed by atoms with van der Waals surface area (Å²) >= 11 is 17.9. The fraction of sp³-hybridized carbons (Fsp3) is 0.167. The lowest BCUT2D eigenvalue weighted by atomic mass is 10.1. The van der Waals surface area contributed by atoms with Crippen LogP contribution in [0.15, 0.2) is 30.3 Å². The molecule has 0 aliphatic carbocycles. The van der Waals surface area contributed by atoms with Crippen LogP contribution in [0.4, 0.5) is 0 Å². The Labute approximate surface area is 169 Å². The van der Waals surface area contributed by atoms with Gasteiger partial charge in [0.25, 0.3) is 0 Å². The zero-order chi connectivity index (χ0) is 20.1. The molecule has 27 heavy (non-hydrogen) atoms. The maximum absolute atomic E-state index is 12.5. The van der Waals surface area contributed by atoms with Crippen molar-refractivity contribution in [2.24, 2.45) is 0 Å². The number of halogens is 3. The van der Waals surface area contributed by atoms with E-state index in [1.807, 2.05) is 19.1 Å². The predicted octanol–water partition coefficient (Wildman–Crippen LogP) is 4.56. The molecule has 0 heterocycles. The van der Waals surface area contributed by atoms with E-state index in [0.717, 1.165) is 18.1 Å². The second-order valence-corrected chi connectivity index (χ2v) is 6.49. The Bertz CT molecular complexity index is 893. The number of ether oxygens (including phenoxy) is 2. The number of carboxylic acid groups (broad SMARTS) is 1. The van der Waals surface area contributed by atoms with E-state index in [1.165, 1.54) is 0 Å². The zero-order valence-electron chi connectivity index (χ0n) is 13.9. The van der Waals surface area contributed by atoms with Crippen molar-refractivity contribution in [1.82, 2.24) is 0 Å². The van der Waals surface area contributed by atoms with E-state index in [0.29, 0.717) is 5.56 Å². The van der Waals surface area contributed by atoms with Crippen molar-refractivity contribution < 1.29 is 29.0 Å². The summed E-state index contributed by atoms with van der Waals surface area (Å²) in [7, 11) is 0. The number of carboxylic acids is 1. The van der Waals surface area contributed by atoms with Crippen LogP contribution in [0.2, 0.25) is 15.1 Å². The molecular weight excluding hydrogens is 419 g/mol. The van der Waals surface area contributed by atoms with Crippen molar-refractivity contribution in [2.45, 2.75) is 20.0 Å². The van der Waals surface area contributed by atoms with Gasteiger partial charge in [0.05, 0.1) is 15.1 Å². The van der Waals surface area contributed by atoms with Crippen LogP contribution in [0.3, 0.4) is 0 Å². The summed E-state index contributed by atoms with van der Waals surface area (Å²) in [5.41, 5.74) is 1.40. The molecule has 0 aliphatic heterocycles. The summed E-state index contributed by atoms with van der Waals surface area (Å²) in [4.78, 5) is 34.6. The number of aryl methyl sites for hydroxylation is 1. The van der Waals surface area contributed by atoms with Crippen molar-refractivity contribution in [3.8, 4) is 5.75 Å². The van der Waals surface area contributed by atoms with Crippen molar-refractivity contribution in [1.29, 1.82) is 0 Å². The van der Waals surface area contributed by atoms with E-state index >= 15 is 0 Å². The number of benzene rings is 2. The lowest BCUT2D eigenvalue weighted by molar-refractivity contribution is -0.158. The summed E-state index contributed by atoms with van der Waals surface area (Å²) in [5, 5.41) is 8.06. The van der Waals surface area contributed by atoms with Crippen LogP contribution in [-0.4, -0.2) is 23.0 Å². The van der Waals surface area contributed by atoms with Crippen LogP contribution in [0.1, 0.15) is 28.4 Å². The number of hydrogen-bond acceptors (Lipinski definition) is 5. The van der Waals surface area contributed by atoms with Gasteiger partial charge in [-0.15, -0.1) is 0 Å². The summed E-state index contributed by atoms with van der Waals surface area (Å²) in [6.07, 6.45) is 0.870. The zero-order valence-corrected chi connectivity index (χ0v) is 16.2. The van der Waals surface area contributed by atoms with Crippen molar-refractivity contribution in [3.63, 3.8) is 0 Å². The molecule has 0 saturated carbocycles. The Hall–Kier alpha value is -2.28. The molecule has 0 amide bonds. The highest BCUT2D eigenvalue weighted by atomic mass is 35.5. The van der Waals surface area contributed by atoms with Gasteiger partial charge in [0, 0.05) is 0 Å². The summed E-state index contributed by atoms with van der Waals surface area (Å²) in [6.45, 7) is 1.93. The van der Waals surface area contributed by atoms with Gasteiger partial charge in [0.1, 0.15) is 12.2 Å². The maximum atomic E-state index is 12.5. The molecule has 6 nitrogen and oxygen atoms in total. The molecule has 0 spiro atoms. The van der Waals surface area contributed by atoms with E-state index in [1.54, 1.807) is 12.1 Å². The van der Waals surface area contributed by atoms with Gasteiger partial charge in [0.2, 0.25) is 0 Å². The Morgan fingerprint density at radius 1 is 1.00 bits per heavy atom. The molecule has 2 rings (SSSR count). The van der Waals surface area contributed by atoms with Crippen molar-refractivity contribution in [3.05, 3.63) is 62.1 Å². The van der Waals surface area contributed by atoms with E-state index in [4.69, 9.17) is 44.6 Å². The minimum absolute atomic E-state index is 0.0870. The normalized spacial score (nSPS) is 10.4. The third kappa shape index (κ3) is 5.13. The number of carbonyl (C=O) groups excluding carboxylic acids is 2. The van der Waals surface area contributed by atoms with Gasteiger partial charge in [-0.25, -0.2) is 14.4 Å². The average Bonchev–Trinajstić information content (AvgIpc) is 2.64. The Balaban J connectivity index is 2.29. The molecule has 1 N–H and O–H groups in total. The fourth-order valence-corrected chi connectivity index (χ4v) is 2.81. The molecule has 0 radical (unpaired) electrons. The van der Waals surface area contributed by atoms with Gasteiger partial charge >= 0.3 is 17.9 Å². The molecule has 0 saturated heterocycles. The molecule has 0 aliphatic rings. The molecule has 0 fully saturated rings. The average molecular weight is 432 g/mol. The number of hydrogen-bond donors (Lipinski definition) is 1. The molecule has 0 unspecified atom stereocenters. The monoisotopic (exact) mass is 430 g/mol. The van der Waals surface area contributed by atoms with Crippen molar-refractivity contribution >= 4 is 52.7 Å². The molecule has 0 bridgehead atoms. The molecule has 2 aromatic carbocycles. The van der Waals surface area contributed by atoms with E-state index < -0.39 is 29.2 Å². The van der Waals surface area contributed by atoms with Gasteiger partial charge in [0.15, 0.2) is 5.75 Å². The SMILES string of the molecule is CCc1ccc(COC(=O)c2c(Cl)c(Cl)cc(Cl)c2OC(=O)C(=O)O)cc1. The van der Waals surface area contributed by atoms with Crippen molar-refractivity contribution in [2.75, 3.05) is 0 Å². The summed E-state index contributed by atoms with van der Waals surface area (Å²) in [5.74, 6) is -5.02. The highest BCUT2D eigenvalue weighted by molar-refractivity contribution is 6.46. The third-order valence-corrected chi connectivity index (χ3v) is 4.57. The quantitative estimate of drug-likeness (QED) is 0.323. The minimum atomic E-state index is -1.87. The molecular formula is C18H13Cl3O6. The van der Waals surface area contributed by atoms with Gasteiger partial charge in [-0.05, 0) is 23.6 Å². The summed E-state index contributed by atoms with van der Waals surface area (Å²) < 4.78 is 9.84. The van der Waals surface area contributed by atoms with Crippen LogP contribution in [0.5, 0.6) is 5.75 Å². The standard InChI is InChI=1S/C18H13Cl3O6/c1-2-9-3-5-10(6-4-9)8-26-17(24)13-14(21)11(19)7-12(20)15(13)27-18(25)16(22)23/h3-7H,2,8H2,1H3,(H,22,23). The van der Waals surface area contributed by atoms with E-state index in [9.17, 15) is 14.4 Å². The summed E-state index contributed by atoms with van der Waals surface area (Å²) in [6, 6.07) is 8.50. The lowest BCUT2D eigenvalue weighted by Crippen LogP contribution is -2.21. The van der Waals surface area contributed by atoms with Crippen LogP contribution in [-0.2, 0) is 27.4 Å². The number of rotatable bonds is 5. The van der Waals surface area contributed by atoms with Gasteiger partial charge in [-0.1, -0.05) is 66.0 Å². The predicted molar refractivity (Wildman–Crippen MR) is 99.7 cm³/mol. The number of carbonyl (C=O) groups is 3. The van der Waals surface area contributed by atoms with Crippen LogP contribution >= 0.6 is 34.8 Å². The number of aliphatic carboxylic acids is 1. The maximum Gasteiger partial charge on any atom is 0.422 e. The molecule has 0 atom stereocenters. The topological polar surface area (TPSA) is 89.9 Å². The first-order chi connectivity index (χ1) is 12.7. The van der Waals surface area contributed by atoms with Crippen LogP contribution in [0.25, 0.3) is 0 Å². The first-order valence-corrected chi connectivity index (χ1v) is 8.75. The van der Waals surface area contributed by atoms with E-state index in [-0.39, 0.29) is 21.7 Å². The molecule has 142 valence electrons. The Morgan fingerprint density at radius 3 is 2.15 bits per heavy atom. The molecule has 2 aromatic rings. The highest BCUT2D eigenvalue weighted by Crippen LogP contribution is 2.40. The lowest BCUT2D eigenvalue weighted by Gasteiger charge is -2.13. The van der Waals surface area contributed by atoms with Gasteiger partial charge in [-0.2, -0.15) is 0 Å².